The average molecular weight is 183 g/mol. The first-order chi connectivity index (χ1) is 6.10. The standard InChI is InChI=1S/C10H17NO2/c1-10(2-3-10)9(13)11-6-7-4-8(12)5-7/h7-8,12H,2-6H2,1H3,(H,11,13). The first-order valence-corrected chi connectivity index (χ1v) is 5.06. The molecule has 0 bridgehead atoms. The van der Waals surface area contributed by atoms with Gasteiger partial charge in [-0.2, -0.15) is 0 Å². The molecule has 0 spiro atoms. The zero-order valence-corrected chi connectivity index (χ0v) is 8.05. The molecular weight excluding hydrogens is 166 g/mol. The lowest BCUT2D eigenvalue weighted by molar-refractivity contribution is -0.126. The Bertz CT molecular complexity index is 217. The highest BCUT2D eigenvalue weighted by Gasteiger charge is 2.45. The van der Waals surface area contributed by atoms with E-state index in [9.17, 15) is 4.79 Å². The van der Waals surface area contributed by atoms with Crippen molar-refractivity contribution in [1.82, 2.24) is 5.32 Å². The molecule has 0 unspecified atom stereocenters. The molecule has 1 amide bonds. The summed E-state index contributed by atoms with van der Waals surface area (Å²) in [5.41, 5.74) is -0.0532. The zero-order chi connectivity index (χ0) is 9.47. The van der Waals surface area contributed by atoms with Gasteiger partial charge in [0.15, 0.2) is 0 Å². The van der Waals surface area contributed by atoms with Crippen LogP contribution < -0.4 is 5.32 Å². The summed E-state index contributed by atoms with van der Waals surface area (Å²) in [7, 11) is 0. The molecule has 13 heavy (non-hydrogen) atoms. The van der Waals surface area contributed by atoms with Crippen molar-refractivity contribution in [3.05, 3.63) is 0 Å². The van der Waals surface area contributed by atoms with Crippen LogP contribution in [0, 0.1) is 11.3 Å². The van der Waals surface area contributed by atoms with Crippen LogP contribution >= 0.6 is 0 Å². The SMILES string of the molecule is CC1(C(=O)NCC2CC(O)C2)CC1. The first kappa shape index (κ1) is 9.00. The normalized spacial score (nSPS) is 34.9. The average Bonchev–Trinajstić information content (AvgIpc) is 2.76. The van der Waals surface area contributed by atoms with E-state index in [1.165, 1.54) is 0 Å². The Morgan fingerprint density at radius 1 is 1.54 bits per heavy atom. The minimum atomic E-state index is -0.113. The number of carbonyl (C=O) groups is 1. The van der Waals surface area contributed by atoms with Crippen LogP contribution in [0.15, 0.2) is 0 Å². The minimum absolute atomic E-state index is 0.0532. The second kappa shape index (κ2) is 2.98. The van der Waals surface area contributed by atoms with Crippen molar-refractivity contribution in [3.63, 3.8) is 0 Å². The summed E-state index contributed by atoms with van der Waals surface area (Å²) in [6.07, 6.45) is 3.67. The number of rotatable bonds is 3. The Morgan fingerprint density at radius 2 is 2.15 bits per heavy atom. The molecule has 2 aliphatic carbocycles. The molecule has 0 aromatic rings. The third-order valence-corrected chi connectivity index (χ3v) is 3.31. The van der Waals surface area contributed by atoms with Crippen molar-refractivity contribution in [2.24, 2.45) is 11.3 Å². The van der Waals surface area contributed by atoms with E-state index in [2.05, 4.69) is 5.32 Å². The highest BCUT2D eigenvalue weighted by molar-refractivity contribution is 5.84. The van der Waals surface area contributed by atoms with Crippen LogP contribution in [0.2, 0.25) is 0 Å². The van der Waals surface area contributed by atoms with E-state index < -0.39 is 0 Å². The number of hydrogen-bond donors (Lipinski definition) is 2. The zero-order valence-electron chi connectivity index (χ0n) is 8.05. The molecule has 2 aliphatic rings. The number of aliphatic hydroxyl groups is 1. The van der Waals surface area contributed by atoms with Gasteiger partial charge in [0.25, 0.3) is 0 Å². The van der Waals surface area contributed by atoms with Crippen molar-refractivity contribution < 1.29 is 9.90 Å². The maximum absolute atomic E-state index is 11.5. The van der Waals surface area contributed by atoms with Gasteiger partial charge in [-0.15, -0.1) is 0 Å². The van der Waals surface area contributed by atoms with Crippen LogP contribution in [0.5, 0.6) is 0 Å². The Hall–Kier alpha value is -0.570. The van der Waals surface area contributed by atoms with Crippen LogP contribution in [-0.4, -0.2) is 23.7 Å². The summed E-state index contributed by atoms with van der Waals surface area (Å²) in [5, 5.41) is 12.0. The molecule has 0 saturated heterocycles. The number of aliphatic hydroxyl groups excluding tert-OH is 1. The Kier molecular flexibility index (Phi) is 2.06. The molecule has 0 atom stereocenters. The fourth-order valence-electron chi connectivity index (χ4n) is 1.73. The quantitative estimate of drug-likeness (QED) is 0.675. The summed E-state index contributed by atoms with van der Waals surface area (Å²) < 4.78 is 0. The lowest BCUT2D eigenvalue weighted by Gasteiger charge is -2.31. The number of nitrogens with one attached hydrogen (secondary N) is 1. The maximum Gasteiger partial charge on any atom is 0.225 e. The van der Waals surface area contributed by atoms with Crippen LogP contribution in [0.25, 0.3) is 0 Å². The van der Waals surface area contributed by atoms with E-state index >= 15 is 0 Å². The molecule has 2 rings (SSSR count). The number of hydrogen-bond acceptors (Lipinski definition) is 2. The predicted molar refractivity (Wildman–Crippen MR) is 49.1 cm³/mol. The summed E-state index contributed by atoms with van der Waals surface area (Å²) >= 11 is 0. The molecule has 0 aromatic heterocycles. The van der Waals surface area contributed by atoms with E-state index in [-0.39, 0.29) is 17.4 Å². The largest absolute Gasteiger partial charge is 0.393 e. The topological polar surface area (TPSA) is 49.3 Å². The van der Waals surface area contributed by atoms with Crippen molar-refractivity contribution in [1.29, 1.82) is 0 Å². The lowest BCUT2D eigenvalue weighted by Crippen LogP contribution is -2.40. The molecule has 0 aliphatic heterocycles. The Balaban J connectivity index is 1.65. The summed E-state index contributed by atoms with van der Waals surface area (Å²) in [5.74, 6) is 0.718. The van der Waals surface area contributed by atoms with Gasteiger partial charge in [0.2, 0.25) is 5.91 Å². The van der Waals surface area contributed by atoms with Crippen LogP contribution in [0.3, 0.4) is 0 Å². The van der Waals surface area contributed by atoms with Gasteiger partial charge in [0.05, 0.1) is 6.10 Å². The molecule has 0 radical (unpaired) electrons. The van der Waals surface area contributed by atoms with Crippen LogP contribution in [0.4, 0.5) is 0 Å². The molecule has 0 aromatic carbocycles. The van der Waals surface area contributed by atoms with Gasteiger partial charge in [-0.1, -0.05) is 6.92 Å². The van der Waals surface area contributed by atoms with Gasteiger partial charge in [-0.25, -0.2) is 0 Å². The lowest BCUT2D eigenvalue weighted by atomic mass is 9.82. The summed E-state index contributed by atoms with van der Waals surface area (Å²) in [6.45, 7) is 2.77. The van der Waals surface area contributed by atoms with Crippen LogP contribution in [0.1, 0.15) is 32.6 Å². The third kappa shape index (κ3) is 1.85. The van der Waals surface area contributed by atoms with Crippen molar-refractivity contribution in [2.45, 2.75) is 38.7 Å². The van der Waals surface area contributed by atoms with E-state index in [1.54, 1.807) is 0 Å². The molecule has 2 saturated carbocycles. The molecular formula is C10H17NO2. The van der Waals surface area contributed by atoms with E-state index in [1.807, 2.05) is 6.92 Å². The highest BCUT2D eigenvalue weighted by Crippen LogP contribution is 2.45. The van der Waals surface area contributed by atoms with E-state index in [0.717, 1.165) is 32.2 Å². The predicted octanol–water partition coefficient (Wildman–Crippen LogP) is 0.674. The van der Waals surface area contributed by atoms with Crippen molar-refractivity contribution >= 4 is 5.91 Å². The summed E-state index contributed by atoms with van der Waals surface area (Å²) in [6, 6.07) is 0. The Labute approximate surface area is 78.5 Å². The van der Waals surface area contributed by atoms with E-state index in [0.29, 0.717) is 5.92 Å². The molecule has 74 valence electrons. The van der Waals surface area contributed by atoms with Gasteiger partial charge in [-0.05, 0) is 31.6 Å². The number of amides is 1. The van der Waals surface area contributed by atoms with Gasteiger partial charge in [-0.3, -0.25) is 4.79 Å². The first-order valence-electron chi connectivity index (χ1n) is 5.06. The fraction of sp³-hybridized carbons (Fsp3) is 0.900. The van der Waals surface area contributed by atoms with Gasteiger partial charge < -0.3 is 10.4 Å². The second-order valence-corrected chi connectivity index (χ2v) is 4.76. The van der Waals surface area contributed by atoms with Crippen molar-refractivity contribution in [3.8, 4) is 0 Å². The number of carbonyl (C=O) groups excluding carboxylic acids is 1. The molecule has 3 nitrogen and oxygen atoms in total. The third-order valence-electron chi connectivity index (χ3n) is 3.31. The monoisotopic (exact) mass is 183 g/mol. The summed E-state index contributed by atoms with van der Waals surface area (Å²) in [4.78, 5) is 11.5. The van der Waals surface area contributed by atoms with Gasteiger partial charge >= 0.3 is 0 Å². The van der Waals surface area contributed by atoms with E-state index in [4.69, 9.17) is 5.11 Å². The Morgan fingerprint density at radius 3 is 2.62 bits per heavy atom. The molecule has 3 heteroatoms. The fourth-order valence-corrected chi connectivity index (χ4v) is 1.73. The smallest absolute Gasteiger partial charge is 0.225 e. The minimum Gasteiger partial charge on any atom is -0.393 e. The molecule has 2 fully saturated rings. The van der Waals surface area contributed by atoms with Gasteiger partial charge in [0, 0.05) is 12.0 Å². The van der Waals surface area contributed by atoms with Crippen LogP contribution in [-0.2, 0) is 4.79 Å². The molecule has 0 heterocycles. The highest BCUT2D eigenvalue weighted by atomic mass is 16.3. The van der Waals surface area contributed by atoms with Gasteiger partial charge in [0.1, 0.15) is 0 Å². The maximum atomic E-state index is 11.5. The second-order valence-electron chi connectivity index (χ2n) is 4.76. The van der Waals surface area contributed by atoms with Crippen molar-refractivity contribution in [2.75, 3.05) is 6.54 Å². The molecule has 2 N–H and O–H groups in total.